The second kappa shape index (κ2) is 5.70. The van der Waals surface area contributed by atoms with Gasteiger partial charge in [0.2, 0.25) is 0 Å². The molecule has 2 rings (SSSR count). The maximum absolute atomic E-state index is 13.6. The van der Waals surface area contributed by atoms with Gasteiger partial charge in [0.1, 0.15) is 5.82 Å². The van der Waals surface area contributed by atoms with E-state index in [1.165, 1.54) is 0 Å². The van der Waals surface area contributed by atoms with Gasteiger partial charge in [-0.15, -0.1) is 0 Å². The molecule has 0 bridgehead atoms. The molecule has 1 saturated heterocycles. The molecule has 2 unspecified atom stereocenters. The minimum absolute atomic E-state index is 0.133. The molecule has 1 N–H and O–H groups in total. The van der Waals surface area contributed by atoms with E-state index in [9.17, 15) is 4.39 Å². The van der Waals surface area contributed by atoms with E-state index in [1.807, 2.05) is 6.92 Å². The largest absolute Gasteiger partial charge is 0.366 e. The van der Waals surface area contributed by atoms with Crippen LogP contribution in [0.4, 0.5) is 10.1 Å². The first-order valence-corrected chi connectivity index (χ1v) is 6.91. The summed E-state index contributed by atoms with van der Waals surface area (Å²) in [6, 6.07) is 6.31. The standard InChI is InChI=1S/C15H23FN2/c1-4-13-10-18(14(5-2)9-17-13)15-7-11(3)6-12(16)8-15/h6-8,13-14,17H,4-5,9-10H2,1-3H3. The zero-order chi connectivity index (χ0) is 13.1. The van der Waals surface area contributed by atoms with Crippen molar-refractivity contribution in [3.8, 4) is 0 Å². The fraction of sp³-hybridized carbons (Fsp3) is 0.600. The maximum atomic E-state index is 13.6. The molecular formula is C15H23FN2. The molecule has 0 aromatic heterocycles. The lowest BCUT2D eigenvalue weighted by Crippen LogP contribution is -2.56. The van der Waals surface area contributed by atoms with Crippen LogP contribution in [0.15, 0.2) is 18.2 Å². The molecule has 0 spiro atoms. The number of aryl methyl sites for hydroxylation is 1. The van der Waals surface area contributed by atoms with Crippen molar-refractivity contribution in [1.82, 2.24) is 5.32 Å². The topological polar surface area (TPSA) is 15.3 Å². The number of rotatable bonds is 3. The van der Waals surface area contributed by atoms with Crippen molar-refractivity contribution in [1.29, 1.82) is 0 Å². The van der Waals surface area contributed by atoms with E-state index in [2.05, 4.69) is 30.1 Å². The second-order valence-corrected chi connectivity index (χ2v) is 5.21. The average Bonchev–Trinajstić information content (AvgIpc) is 2.36. The lowest BCUT2D eigenvalue weighted by molar-refractivity contribution is 0.378. The molecule has 0 amide bonds. The van der Waals surface area contributed by atoms with Crippen LogP contribution in [0.5, 0.6) is 0 Å². The molecule has 0 saturated carbocycles. The van der Waals surface area contributed by atoms with Crippen LogP contribution >= 0.6 is 0 Å². The Morgan fingerprint density at radius 1 is 1.28 bits per heavy atom. The van der Waals surface area contributed by atoms with Crippen LogP contribution in [0.25, 0.3) is 0 Å². The first-order valence-electron chi connectivity index (χ1n) is 6.91. The van der Waals surface area contributed by atoms with E-state index in [-0.39, 0.29) is 5.82 Å². The molecule has 2 atom stereocenters. The summed E-state index contributed by atoms with van der Waals surface area (Å²) in [6.45, 7) is 8.30. The Morgan fingerprint density at radius 2 is 2.06 bits per heavy atom. The SMILES string of the molecule is CCC1CN(c2cc(C)cc(F)c2)C(CC)CN1. The Bertz CT molecular complexity index is 385. The Morgan fingerprint density at radius 3 is 2.67 bits per heavy atom. The Labute approximate surface area is 109 Å². The van der Waals surface area contributed by atoms with Gasteiger partial charge >= 0.3 is 0 Å². The smallest absolute Gasteiger partial charge is 0.125 e. The Balaban J connectivity index is 2.26. The number of nitrogens with zero attached hydrogens (tertiary/aromatic N) is 1. The molecule has 2 nitrogen and oxygen atoms in total. The highest BCUT2D eigenvalue weighted by atomic mass is 19.1. The minimum atomic E-state index is -0.133. The normalized spacial score (nSPS) is 24.3. The molecule has 1 fully saturated rings. The minimum Gasteiger partial charge on any atom is -0.366 e. The monoisotopic (exact) mass is 250 g/mol. The third-order valence-corrected chi connectivity index (χ3v) is 3.82. The van der Waals surface area contributed by atoms with Crippen molar-refractivity contribution in [2.75, 3.05) is 18.0 Å². The van der Waals surface area contributed by atoms with E-state index in [1.54, 1.807) is 12.1 Å². The van der Waals surface area contributed by atoms with Crippen LogP contribution in [0.1, 0.15) is 32.3 Å². The fourth-order valence-electron chi connectivity index (χ4n) is 2.70. The van der Waals surface area contributed by atoms with Crippen molar-refractivity contribution in [3.05, 3.63) is 29.6 Å². The van der Waals surface area contributed by atoms with Gasteiger partial charge in [-0.2, -0.15) is 0 Å². The van der Waals surface area contributed by atoms with Crippen LogP contribution in [-0.4, -0.2) is 25.2 Å². The average molecular weight is 250 g/mol. The summed E-state index contributed by atoms with van der Waals surface area (Å²) in [4.78, 5) is 2.36. The molecule has 0 radical (unpaired) electrons. The number of hydrogen-bond donors (Lipinski definition) is 1. The van der Waals surface area contributed by atoms with E-state index >= 15 is 0 Å². The van der Waals surface area contributed by atoms with Crippen LogP contribution in [0, 0.1) is 12.7 Å². The van der Waals surface area contributed by atoms with Gasteiger partial charge in [-0.25, -0.2) is 4.39 Å². The van der Waals surface area contributed by atoms with Crippen molar-refractivity contribution in [3.63, 3.8) is 0 Å². The number of nitrogens with one attached hydrogen (secondary N) is 1. The van der Waals surface area contributed by atoms with E-state index in [0.29, 0.717) is 12.1 Å². The third-order valence-electron chi connectivity index (χ3n) is 3.82. The summed E-state index contributed by atoms with van der Waals surface area (Å²) >= 11 is 0. The quantitative estimate of drug-likeness (QED) is 0.886. The number of halogens is 1. The van der Waals surface area contributed by atoms with E-state index in [4.69, 9.17) is 0 Å². The lowest BCUT2D eigenvalue weighted by atomic mass is 10.0. The van der Waals surface area contributed by atoms with Gasteiger partial charge < -0.3 is 10.2 Å². The van der Waals surface area contributed by atoms with Crippen molar-refractivity contribution in [2.45, 2.75) is 45.7 Å². The van der Waals surface area contributed by atoms with E-state index in [0.717, 1.165) is 37.2 Å². The van der Waals surface area contributed by atoms with Gasteiger partial charge in [0.15, 0.2) is 0 Å². The summed E-state index contributed by atoms with van der Waals surface area (Å²) in [5.41, 5.74) is 2.02. The lowest BCUT2D eigenvalue weighted by Gasteiger charge is -2.41. The Hall–Kier alpha value is -1.09. The first kappa shape index (κ1) is 13.3. The number of anilines is 1. The summed E-state index contributed by atoms with van der Waals surface area (Å²) in [5, 5.41) is 3.56. The van der Waals surface area contributed by atoms with Crippen molar-refractivity contribution < 1.29 is 4.39 Å². The van der Waals surface area contributed by atoms with Gasteiger partial charge in [-0.05, 0) is 43.5 Å². The molecule has 1 aliphatic rings. The van der Waals surface area contributed by atoms with Gasteiger partial charge in [-0.1, -0.05) is 13.8 Å². The molecule has 3 heteroatoms. The highest BCUT2D eigenvalue weighted by Gasteiger charge is 2.26. The molecule has 1 heterocycles. The van der Waals surface area contributed by atoms with Crippen LogP contribution in [-0.2, 0) is 0 Å². The van der Waals surface area contributed by atoms with Gasteiger partial charge in [-0.3, -0.25) is 0 Å². The summed E-state index contributed by atoms with van der Waals surface area (Å²) in [5.74, 6) is -0.133. The third kappa shape index (κ3) is 2.83. The number of benzene rings is 1. The zero-order valence-corrected chi connectivity index (χ0v) is 11.5. The van der Waals surface area contributed by atoms with Crippen LogP contribution in [0.3, 0.4) is 0 Å². The van der Waals surface area contributed by atoms with Gasteiger partial charge in [0.05, 0.1) is 0 Å². The van der Waals surface area contributed by atoms with E-state index < -0.39 is 0 Å². The first-order chi connectivity index (χ1) is 8.63. The van der Waals surface area contributed by atoms with Crippen LogP contribution < -0.4 is 10.2 Å². The van der Waals surface area contributed by atoms with Crippen LogP contribution in [0.2, 0.25) is 0 Å². The summed E-state index contributed by atoms with van der Waals surface area (Å²) < 4.78 is 13.6. The molecule has 1 aliphatic heterocycles. The number of hydrogen-bond acceptors (Lipinski definition) is 2. The predicted octanol–water partition coefficient (Wildman–Crippen LogP) is 3.10. The molecule has 1 aromatic rings. The fourth-order valence-corrected chi connectivity index (χ4v) is 2.70. The number of piperazine rings is 1. The molecule has 100 valence electrons. The highest BCUT2D eigenvalue weighted by molar-refractivity contribution is 5.50. The molecule has 18 heavy (non-hydrogen) atoms. The molecular weight excluding hydrogens is 227 g/mol. The second-order valence-electron chi connectivity index (χ2n) is 5.21. The summed E-state index contributed by atoms with van der Waals surface area (Å²) in [6.07, 6.45) is 2.19. The van der Waals surface area contributed by atoms with Crippen molar-refractivity contribution >= 4 is 5.69 Å². The molecule has 1 aromatic carbocycles. The van der Waals surface area contributed by atoms with Gasteiger partial charge in [0, 0.05) is 30.9 Å². The van der Waals surface area contributed by atoms with Crippen molar-refractivity contribution in [2.24, 2.45) is 0 Å². The highest BCUT2D eigenvalue weighted by Crippen LogP contribution is 2.24. The maximum Gasteiger partial charge on any atom is 0.125 e. The Kier molecular flexibility index (Phi) is 4.23. The predicted molar refractivity (Wildman–Crippen MR) is 74.6 cm³/mol. The zero-order valence-electron chi connectivity index (χ0n) is 11.5. The summed E-state index contributed by atoms with van der Waals surface area (Å²) in [7, 11) is 0. The molecule has 0 aliphatic carbocycles. The van der Waals surface area contributed by atoms with Gasteiger partial charge in [0.25, 0.3) is 0 Å².